The van der Waals surface area contributed by atoms with Gasteiger partial charge < -0.3 is 16.2 Å². The number of unbranched alkanes of at least 4 members (excludes halogenated alkanes) is 1. The molecule has 0 saturated heterocycles. The van der Waals surface area contributed by atoms with Crippen molar-refractivity contribution in [3.8, 4) is 0 Å². The topological polar surface area (TPSA) is 75.3 Å². The van der Waals surface area contributed by atoms with Gasteiger partial charge >= 0.3 is 5.97 Å². The van der Waals surface area contributed by atoms with Gasteiger partial charge in [0.15, 0.2) is 0 Å². The lowest BCUT2D eigenvalue weighted by molar-refractivity contribution is 0.0698. The van der Waals surface area contributed by atoms with Crippen LogP contribution in [0.5, 0.6) is 0 Å². The molecule has 0 aromatic heterocycles. The Hall–Kier alpha value is -1.71. The zero-order valence-corrected chi connectivity index (χ0v) is 11.1. The lowest BCUT2D eigenvalue weighted by Crippen LogP contribution is -2.08. The first-order valence-corrected chi connectivity index (χ1v) is 6.37. The number of aromatic carboxylic acids is 1. The quantitative estimate of drug-likeness (QED) is 0.513. The average Bonchev–Trinajstić information content (AvgIpc) is 2.29. The van der Waals surface area contributed by atoms with E-state index >= 15 is 0 Å². The molecule has 0 aliphatic rings. The highest BCUT2D eigenvalue weighted by Gasteiger charge is 2.09. The molecule has 4 N–H and O–H groups in total. The number of hydrogen-bond donors (Lipinski definition) is 3. The average molecular weight is 250 g/mol. The number of nitrogens with two attached hydrogens (primary N) is 1. The third kappa shape index (κ3) is 4.65. The first-order valence-electron chi connectivity index (χ1n) is 6.37. The Labute approximate surface area is 108 Å². The van der Waals surface area contributed by atoms with Gasteiger partial charge in [0, 0.05) is 17.9 Å². The smallest absolute Gasteiger partial charge is 0.337 e. The first kappa shape index (κ1) is 14.4. The number of carboxylic acid groups (broad SMARTS) is 1. The molecule has 0 bridgehead atoms. The molecule has 1 aromatic rings. The minimum Gasteiger partial charge on any atom is -0.478 e. The number of rotatable bonds is 7. The molecule has 0 aliphatic carbocycles. The molecular weight excluding hydrogens is 228 g/mol. The maximum Gasteiger partial charge on any atom is 0.337 e. The molecule has 4 nitrogen and oxygen atoms in total. The summed E-state index contributed by atoms with van der Waals surface area (Å²) in [7, 11) is 0. The number of hydrogen-bond acceptors (Lipinski definition) is 3. The van der Waals surface area contributed by atoms with Gasteiger partial charge in [-0.05, 0) is 30.5 Å². The number of anilines is 2. The van der Waals surface area contributed by atoms with Gasteiger partial charge in [0.2, 0.25) is 0 Å². The SMILES string of the molecule is CC(C)CCCCNc1ccc(N)cc1C(=O)O. The molecular formula is C14H22N2O2. The lowest BCUT2D eigenvalue weighted by atomic mass is 10.1. The predicted octanol–water partition coefficient (Wildman–Crippen LogP) is 3.21. The third-order valence-electron chi connectivity index (χ3n) is 2.80. The van der Waals surface area contributed by atoms with Gasteiger partial charge in [0.25, 0.3) is 0 Å². The Morgan fingerprint density at radius 3 is 2.72 bits per heavy atom. The van der Waals surface area contributed by atoms with E-state index < -0.39 is 5.97 Å². The summed E-state index contributed by atoms with van der Waals surface area (Å²) >= 11 is 0. The summed E-state index contributed by atoms with van der Waals surface area (Å²) in [4.78, 5) is 11.1. The van der Waals surface area contributed by atoms with E-state index in [4.69, 9.17) is 10.8 Å². The molecule has 0 aliphatic heterocycles. The van der Waals surface area contributed by atoms with Crippen molar-refractivity contribution in [3.63, 3.8) is 0 Å². The summed E-state index contributed by atoms with van der Waals surface area (Å²) in [6, 6.07) is 4.92. The Morgan fingerprint density at radius 2 is 2.11 bits per heavy atom. The Morgan fingerprint density at radius 1 is 1.39 bits per heavy atom. The van der Waals surface area contributed by atoms with Crippen molar-refractivity contribution in [2.45, 2.75) is 33.1 Å². The van der Waals surface area contributed by atoms with E-state index in [1.807, 2.05) is 0 Å². The maximum absolute atomic E-state index is 11.1. The second-order valence-electron chi connectivity index (χ2n) is 4.93. The molecule has 0 saturated carbocycles. The van der Waals surface area contributed by atoms with Crippen LogP contribution in [0, 0.1) is 5.92 Å². The van der Waals surface area contributed by atoms with E-state index in [2.05, 4.69) is 19.2 Å². The Bertz CT molecular complexity index is 403. The molecule has 0 radical (unpaired) electrons. The van der Waals surface area contributed by atoms with Crippen molar-refractivity contribution < 1.29 is 9.90 Å². The second-order valence-corrected chi connectivity index (χ2v) is 4.93. The first-order chi connectivity index (χ1) is 8.50. The van der Waals surface area contributed by atoms with Gasteiger partial charge in [-0.25, -0.2) is 4.79 Å². The van der Waals surface area contributed by atoms with Crippen LogP contribution in [0.4, 0.5) is 11.4 Å². The monoisotopic (exact) mass is 250 g/mol. The van der Waals surface area contributed by atoms with Crippen LogP contribution in [0.1, 0.15) is 43.5 Å². The zero-order valence-electron chi connectivity index (χ0n) is 11.1. The van der Waals surface area contributed by atoms with Gasteiger partial charge in [-0.2, -0.15) is 0 Å². The summed E-state index contributed by atoms with van der Waals surface area (Å²) in [6.45, 7) is 5.20. The van der Waals surface area contributed by atoms with Crippen LogP contribution >= 0.6 is 0 Å². The van der Waals surface area contributed by atoms with Gasteiger partial charge in [-0.15, -0.1) is 0 Å². The minimum absolute atomic E-state index is 0.235. The normalized spacial score (nSPS) is 10.6. The summed E-state index contributed by atoms with van der Waals surface area (Å²) in [6.07, 6.45) is 3.40. The molecule has 0 fully saturated rings. The van der Waals surface area contributed by atoms with Gasteiger partial charge in [-0.3, -0.25) is 0 Å². The number of carbonyl (C=O) groups is 1. The van der Waals surface area contributed by atoms with Crippen molar-refractivity contribution >= 4 is 17.3 Å². The fraction of sp³-hybridized carbons (Fsp3) is 0.500. The number of benzene rings is 1. The minimum atomic E-state index is -0.952. The number of nitrogens with one attached hydrogen (secondary N) is 1. The van der Waals surface area contributed by atoms with E-state index in [1.165, 1.54) is 12.5 Å². The van der Waals surface area contributed by atoms with E-state index in [1.54, 1.807) is 12.1 Å². The fourth-order valence-corrected chi connectivity index (χ4v) is 1.79. The van der Waals surface area contributed by atoms with Crippen LogP contribution in [0.3, 0.4) is 0 Å². The van der Waals surface area contributed by atoms with E-state index in [9.17, 15) is 4.79 Å². The van der Waals surface area contributed by atoms with Crippen LogP contribution in [0.25, 0.3) is 0 Å². The summed E-state index contributed by atoms with van der Waals surface area (Å²) in [5, 5.41) is 12.2. The summed E-state index contributed by atoms with van der Waals surface area (Å²) in [5.41, 5.74) is 6.93. The lowest BCUT2D eigenvalue weighted by Gasteiger charge is -2.10. The summed E-state index contributed by atoms with van der Waals surface area (Å²) in [5.74, 6) is -0.233. The highest BCUT2D eigenvalue weighted by molar-refractivity contribution is 5.95. The molecule has 100 valence electrons. The molecule has 0 spiro atoms. The molecule has 1 aromatic carbocycles. The van der Waals surface area contributed by atoms with Crippen molar-refractivity contribution in [1.82, 2.24) is 0 Å². The van der Waals surface area contributed by atoms with Crippen LogP contribution in [-0.2, 0) is 0 Å². The predicted molar refractivity (Wildman–Crippen MR) is 75.0 cm³/mol. The molecule has 4 heteroatoms. The second kappa shape index (κ2) is 6.89. The van der Waals surface area contributed by atoms with Gasteiger partial charge in [-0.1, -0.05) is 26.7 Å². The maximum atomic E-state index is 11.1. The molecule has 0 amide bonds. The van der Waals surface area contributed by atoms with Crippen molar-refractivity contribution in [3.05, 3.63) is 23.8 Å². The molecule has 1 rings (SSSR count). The third-order valence-corrected chi connectivity index (χ3v) is 2.80. The zero-order chi connectivity index (χ0) is 13.5. The van der Waals surface area contributed by atoms with Crippen molar-refractivity contribution in [1.29, 1.82) is 0 Å². The van der Waals surface area contributed by atoms with E-state index in [0.717, 1.165) is 25.3 Å². The van der Waals surface area contributed by atoms with Crippen molar-refractivity contribution in [2.75, 3.05) is 17.6 Å². The van der Waals surface area contributed by atoms with Gasteiger partial charge in [0.05, 0.1) is 5.56 Å². The van der Waals surface area contributed by atoms with Gasteiger partial charge in [0.1, 0.15) is 0 Å². The summed E-state index contributed by atoms with van der Waals surface area (Å²) < 4.78 is 0. The largest absolute Gasteiger partial charge is 0.478 e. The van der Waals surface area contributed by atoms with E-state index in [-0.39, 0.29) is 5.56 Å². The molecule has 0 unspecified atom stereocenters. The standard InChI is InChI=1S/C14H22N2O2/c1-10(2)5-3-4-8-16-13-7-6-11(15)9-12(13)14(17)18/h6-7,9-10,16H,3-5,8,15H2,1-2H3,(H,17,18). The van der Waals surface area contributed by atoms with Crippen LogP contribution in [0.2, 0.25) is 0 Å². The van der Waals surface area contributed by atoms with Crippen LogP contribution in [-0.4, -0.2) is 17.6 Å². The Balaban J connectivity index is 2.49. The molecule has 0 heterocycles. The fourth-order valence-electron chi connectivity index (χ4n) is 1.79. The highest BCUT2D eigenvalue weighted by atomic mass is 16.4. The van der Waals surface area contributed by atoms with Crippen LogP contribution in [0.15, 0.2) is 18.2 Å². The number of nitrogen functional groups attached to an aromatic ring is 1. The van der Waals surface area contributed by atoms with Crippen molar-refractivity contribution in [2.24, 2.45) is 5.92 Å². The Kier molecular flexibility index (Phi) is 5.49. The number of carboxylic acids is 1. The van der Waals surface area contributed by atoms with Crippen LogP contribution < -0.4 is 11.1 Å². The van der Waals surface area contributed by atoms with E-state index in [0.29, 0.717) is 11.4 Å². The molecule has 0 atom stereocenters. The highest BCUT2D eigenvalue weighted by Crippen LogP contribution is 2.19. The molecule has 18 heavy (non-hydrogen) atoms.